The van der Waals surface area contributed by atoms with Gasteiger partial charge in [0.05, 0.1) is 13.2 Å². The number of ether oxygens (including phenoxy) is 2. The largest absolute Gasteiger partial charge is 0.490 e. The van der Waals surface area contributed by atoms with Crippen LogP contribution < -0.4 is 14.8 Å². The molecule has 0 aliphatic carbocycles. The Bertz CT molecular complexity index is 695. The van der Waals surface area contributed by atoms with Crippen molar-refractivity contribution in [3.63, 3.8) is 0 Å². The number of aryl methyl sites for hydroxylation is 2. The lowest BCUT2D eigenvalue weighted by molar-refractivity contribution is -0.116. The van der Waals surface area contributed by atoms with Crippen LogP contribution in [0.3, 0.4) is 0 Å². The predicted octanol–water partition coefficient (Wildman–Crippen LogP) is 3.98. The average Bonchev–Trinajstić information content (AvgIpc) is 2.85. The maximum absolute atomic E-state index is 12.1. The molecular formula is C20H23NO3. The summed E-state index contributed by atoms with van der Waals surface area (Å²) in [5.41, 5.74) is 3.19. The first-order valence-corrected chi connectivity index (χ1v) is 8.52. The molecule has 3 rings (SSSR count). The molecule has 2 aromatic carbocycles. The van der Waals surface area contributed by atoms with E-state index in [-0.39, 0.29) is 5.91 Å². The number of amides is 1. The van der Waals surface area contributed by atoms with E-state index < -0.39 is 0 Å². The van der Waals surface area contributed by atoms with Crippen molar-refractivity contribution in [3.8, 4) is 11.5 Å². The van der Waals surface area contributed by atoms with Gasteiger partial charge in [-0.25, -0.2) is 0 Å². The molecule has 0 radical (unpaired) electrons. The van der Waals surface area contributed by atoms with Crippen LogP contribution in [0.25, 0.3) is 0 Å². The van der Waals surface area contributed by atoms with Gasteiger partial charge in [0.25, 0.3) is 0 Å². The van der Waals surface area contributed by atoms with Crippen molar-refractivity contribution in [3.05, 3.63) is 53.6 Å². The van der Waals surface area contributed by atoms with Crippen molar-refractivity contribution in [1.29, 1.82) is 0 Å². The summed E-state index contributed by atoms with van der Waals surface area (Å²) in [6.07, 6.45) is 3.01. The lowest BCUT2D eigenvalue weighted by Gasteiger charge is -2.10. The third-order valence-corrected chi connectivity index (χ3v) is 4.10. The molecule has 0 saturated carbocycles. The van der Waals surface area contributed by atoms with E-state index in [4.69, 9.17) is 9.47 Å². The van der Waals surface area contributed by atoms with Crippen molar-refractivity contribution in [2.24, 2.45) is 0 Å². The summed E-state index contributed by atoms with van der Waals surface area (Å²) >= 11 is 0. The Labute approximate surface area is 142 Å². The summed E-state index contributed by atoms with van der Waals surface area (Å²) in [6, 6.07) is 13.9. The number of benzene rings is 2. The van der Waals surface area contributed by atoms with Crippen LogP contribution in [0.2, 0.25) is 0 Å². The summed E-state index contributed by atoms with van der Waals surface area (Å²) in [6.45, 7) is 3.47. The van der Waals surface area contributed by atoms with E-state index >= 15 is 0 Å². The molecule has 0 bridgehead atoms. The van der Waals surface area contributed by atoms with Gasteiger partial charge in [-0.15, -0.1) is 0 Å². The highest BCUT2D eigenvalue weighted by Crippen LogP contribution is 2.30. The highest BCUT2D eigenvalue weighted by atomic mass is 16.5. The van der Waals surface area contributed by atoms with Gasteiger partial charge in [0.1, 0.15) is 0 Å². The fraction of sp³-hybridized carbons (Fsp3) is 0.350. The molecule has 0 fully saturated rings. The lowest BCUT2D eigenvalue weighted by Crippen LogP contribution is -2.12. The fourth-order valence-electron chi connectivity index (χ4n) is 2.67. The van der Waals surface area contributed by atoms with Crippen LogP contribution in [-0.4, -0.2) is 19.1 Å². The Balaban J connectivity index is 1.54. The Morgan fingerprint density at radius 2 is 1.71 bits per heavy atom. The van der Waals surface area contributed by atoms with E-state index in [0.29, 0.717) is 26.1 Å². The molecule has 126 valence electrons. The molecule has 1 aliphatic rings. The minimum atomic E-state index is 0.0198. The predicted molar refractivity (Wildman–Crippen MR) is 94.8 cm³/mol. The van der Waals surface area contributed by atoms with E-state index in [1.807, 2.05) is 42.5 Å². The zero-order valence-corrected chi connectivity index (χ0v) is 14.0. The third kappa shape index (κ3) is 4.28. The number of rotatable bonds is 5. The van der Waals surface area contributed by atoms with Gasteiger partial charge in [0.15, 0.2) is 11.5 Å². The lowest BCUT2D eigenvalue weighted by atomic mass is 10.1. The number of carbonyl (C=O) groups excluding carboxylic acids is 1. The maximum atomic E-state index is 12.1. The topological polar surface area (TPSA) is 47.6 Å². The van der Waals surface area contributed by atoms with Gasteiger partial charge in [-0.3, -0.25) is 4.79 Å². The van der Waals surface area contributed by atoms with E-state index in [1.165, 1.54) is 5.56 Å². The molecular weight excluding hydrogens is 302 g/mol. The second-order valence-electron chi connectivity index (χ2n) is 5.93. The normalized spacial score (nSPS) is 13.2. The summed E-state index contributed by atoms with van der Waals surface area (Å²) < 4.78 is 11.3. The third-order valence-electron chi connectivity index (χ3n) is 4.10. The highest BCUT2D eigenvalue weighted by molar-refractivity contribution is 5.90. The minimum absolute atomic E-state index is 0.0198. The van der Waals surface area contributed by atoms with Crippen LogP contribution in [0, 0.1) is 0 Å². The van der Waals surface area contributed by atoms with Crippen molar-refractivity contribution in [2.45, 2.75) is 32.6 Å². The second kappa shape index (κ2) is 7.86. The summed E-state index contributed by atoms with van der Waals surface area (Å²) in [7, 11) is 0. The molecule has 0 unspecified atom stereocenters. The first kappa shape index (κ1) is 16.4. The average molecular weight is 325 g/mol. The van der Waals surface area contributed by atoms with Gasteiger partial charge in [0, 0.05) is 18.5 Å². The SMILES string of the molecule is CCc1ccc(NC(=O)CCc2ccc3c(c2)OCCCO3)cc1. The highest BCUT2D eigenvalue weighted by Gasteiger charge is 2.11. The number of hydrogen-bond acceptors (Lipinski definition) is 3. The molecule has 0 aromatic heterocycles. The molecule has 4 nitrogen and oxygen atoms in total. The Morgan fingerprint density at radius 3 is 2.46 bits per heavy atom. The fourth-order valence-corrected chi connectivity index (χ4v) is 2.67. The van der Waals surface area contributed by atoms with Crippen LogP contribution in [0.4, 0.5) is 5.69 Å². The van der Waals surface area contributed by atoms with Crippen molar-refractivity contribution < 1.29 is 14.3 Å². The van der Waals surface area contributed by atoms with Gasteiger partial charge in [-0.05, 0) is 48.2 Å². The van der Waals surface area contributed by atoms with Crippen molar-refractivity contribution in [1.82, 2.24) is 0 Å². The van der Waals surface area contributed by atoms with E-state index in [1.54, 1.807) is 0 Å². The van der Waals surface area contributed by atoms with Gasteiger partial charge >= 0.3 is 0 Å². The first-order valence-electron chi connectivity index (χ1n) is 8.52. The van der Waals surface area contributed by atoms with Crippen LogP contribution in [-0.2, 0) is 17.6 Å². The molecule has 0 saturated heterocycles. The number of nitrogens with one attached hydrogen (secondary N) is 1. The standard InChI is InChI=1S/C20H23NO3/c1-2-15-4-8-17(9-5-15)21-20(22)11-7-16-6-10-18-19(14-16)24-13-3-12-23-18/h4-6,8-10,14H,2-3,7,11-13H2,1H3,(H,21,22). The van der Waals surface area contributed by atoms with Crippen LogP contribution >= 0.6 is 0 Å². The van der Waals surface area contributed by atoms with Gasteiger partial charge in [-0.2, -0.15) is 0 Å². The molecule has 4 heteroatoms. The Kier molecular flexibility index (Phi) is 5.36. The number of fused-ring (bicyclic) bond motifs is 1. The smallest absolute Gasteiger partial charge is 0.224 e. The van der Waals surface area contributed by atoms with Gasteiger partial charge in [-0.1, -0.05) is 25.1 Å². The molecule has 2 aromatic rings. The number of carbonyl (C=O) groups is 1. The number of hydrogen-bond donors (Lipinski definition) is 1. The summed E-state index contributed by atoms with van der Waals surface area (Å²) in [5, 5.41) is 2.94. The molecule has 0 atom stereocenters. The monoisotopic (exact) mass is 325 g/mol. The van der Waals surface area contributed by atoms with Crippen molar-refractivity contribution in [2.75, 3.05) is 18.5 Å². The van der Waals surface area contributed by atoms with E-state index in [0.717, 1.165) is 35.6 Å². The maximum Gasteiger partial charge on any atom is 0.224 e. The zero-order valence-electron chi connectivity index (χ0n) is 14.0. The first-order chi connectivity index (χ1) is 11.7. The Morgan fingerprint density at radius 1 is 1.00 bits per heavy atom. The molecule has 1 N–H and O–H groups in total. The zero-order chi connectivity index (χ0) is 16.8. The van der Waals surface area contributed by atoms with Crippen LogP contribution in [0.15, 0.2) is 42.5 Å². The van der Waals surface area contributed by atoms with Gasteiger partial charge < -0.3 is 14.8 Å². The molecule has 1 amide bonds. The van der Waals surface area contributed by atoms with Crippen LogP contribution in [0.1, 0.15) is 30.9 Å². The second-order valence-corrected chi connectivity index (χ2v) is 5.93. The van der Waals surface area contributed by atoms with Gasteiger partial charge in [0.2, 0.25) is 5.91 Å². The quantitative estimate of drug-likeness (QED) is 0.904. The van der Waals surface area contributed by atoms with E-state index in [9.17, 15) is 4.79 Å². The molecule has 24 heavy (non-hydrogen) atoms. The summed E-state index contributed by atoms with van der Waals surface area (Å²) in [5.74, 6) is 1.59. The van der Waals surface area contributed by atoms with Crippen molar-refractivity contribution >= 4 is 11.6 Å². The van der Waals surface area contributed by atoms with E-state index in [2.05, 4.69) is 12.2 Å². The Hall–Kier alpha value is -2.49. The minimum Gasteiger partial charge on any atom is -0.490 e. The summed E-state index contributed by atoms with van der Waals surface area (Å²) in [4.78, 5) is 12.1. The van der Waals surface area contributed by atoms with Crippen LogP contribution in [0.5, 0.6) is 11.5 Å². The molecule has 1 heterocycles. The molecule has 0 spiro atoms. The molecule has 1 aliphatic heterocycles. The number of anilines is 1.